The SMILES string of the molecule is O=C(/C=C/c1cc([N+](=O)[O-])cc2c1OCOC2)N1CCN(Cc2ccsc2)CC1. The highest BCUT2D eigenvalue weighted by molar-refractivity contribution is 7.07. The molecule has 4 rings (SSSR count). The Bertz CT molecular complexity index is 920. The van der Waals surface area contributed by atoms with Gasteiger partial charge in [0.05, 0.1) is 11.5 Å². The summed E-state index contributed by atoms with van der Waals surface area (Å²) in [6.07, 6.45) is 3.06. The minimum Gasteiger partial charge on any atom is -0.467 e. The van der Waals surface area contributed by atoms with E-state index in [1.165, 1.54) is 23.8 Å². The number of nitro benzene ring substituents is 1. The predicted octanol–water partition coefficient (Wildman–Crippen LogP) is 2.88. The molecule has 0 unspecified atom stereocenters. The van der Waals surface area contributed by atoms with Crippen LogP contribution in [0.15, 0.2) is 35.0 Å². The fraction of sp³-hybridized carbons (Fsp3) is 0.350. The molecule has 0 aliphatic carbocycles. The number of benzene rings is 1. The molecule has 8 nitrogen and oxygen atoms in total. The topological polar surface area (TPSA) is 85.1 Å². The van der Waals surface area contributed by atoms with Crippen molar-refractivity contribution < 1.29 is 19.2 Å². The van der Waals surface area contributed by atoms with E-state index in [1.54, 1.807) is 22.3 Å². The number of piperazine rings is 1. The highest BCUT2D eigenvalue weighted by Crippen LogP contribution is 2.33. The Morgan fingerprint density at radius 2 is 2.10 bits per heavy atom. The molecule has 1 aromatic carbocycles. The molecule has 1 amide bonds. The number of rotatable bonds is 5. The van der Waals surface area contributed by atoms with Gasteiger partial charge in [-0.3, -0.25) is 19.8 Å². The second-order valence-corrected chi connectivity index (χ2v) is 7.74. The van der Waals surface area contributed by atoms with Gasteiger partial charge >= 0.3 is 0 Å². The lowest BCUT2D eigenvalue weighted by atomic mass is 10.1. The molecule has 0 spiro atoms. The summed E-state index contributed by atoms with van der Waals surface area (Å²) in [6.45, 7) is 4.20. The molecule has 1 saturated heterocycles. The second-order valence-electron chi connectivity index (χ2n) is 6.96. The molecular formula is C20H21N3O5S. The first-order chi connectivity index (χ1) is 14.1. The van der Waals surface area contributed by atoms with Gasteiger partial charge in [0, 0.05) is 62.1 Å². The average Bonchev–Trinajstić information content (AvgIpc) is 3.25. The summed E-state index contributed by atoms with van der Waals surface area (Å²) in [5, 5.41) is 15.4. The first kappa shape index (κ1) is 19.6. The number of carbonyl (C=O) groups excluding carboxylic acids is 1. The van der Waals surface area contributed by atoms with Crippen molar-refractivity contribution in [2.24, 2.45) is 0 Å². The standard InChI is InChI=1S/C20H21N3O5S/c24-19(22-6-4-21(5-7-22)11-15-3-8-29-13-15)2-1-16-9-18(23(25)26)10-17-12-27-14-28-20(16)17/h1-3,8-10,13H,4-7,11-12,14H2/b2-1+. The third-order valence-corrected chi connectivity index (χ3v) is 5.74. The lowest BCUT2D eigenvalue weighted by Gasteiger charge is -2.34. The number of nitrogens with zero attached hydrogens (tertiary/aromatic N) is 3. The van der Waals surface area contributed by atoms with E-state index >= 15 is 0 Å². The molecule has 2 aliphatic rings. The van der Waals surface area contributed by atoms with Crippen LogP contribution < -0.4 is 4.74 Å². The number of amides is 1. The molecule has 9 heteroatoms. The molecule has 0 atom stereocenters. The Kier molecular flexibility index (Phi) is 5.89. The Balaban J connectivity index is 1.41. The third kappa shape index (κ3) is 4.64. The Hall–Kier alpha value is -2.75. The van der Waals surface area contributed by atoms with Gasteiger partial charge in [0.1, 0.15) is 5.75 Å². The molecule has 2 aliphatic heterocycles. The van der Waals surface area contributed by atoms with Crippen molar-refractivity contribution in [3.63, 3.8) is 0 Å². The van der Waals surface area contributed by atoms with Crippen molar-refractivity contribution in [3.05, 3.63) is 61.8 Å². The van der Waals surface area contributed by atoms with Gasteiger partial charge in [-0.05, 0) is 28.5 Å². The second kappa shape index (κ2) is 8.73. The summed E-state index contributed by atoms with van der Waals surface area (Å²) >= 11 is 1.69. The van der Waals surface area contributed by atoms with Crippen LogP contribution in [-0.2, 0) is 22.7 Å². The Morgan fingerprint density at radius 1 is 1.28 bits per heavy atom. The molecule has 0 radical (unpaired) electrons. The Morgan fingerprint density at radius 3 is 2.83 bits per heavy atom. The smallest absolute Gasteiger partial charge is 0.270 e. The van der Waals surface area contributed by atoms with Gasteiger partial charge in [-0.2, -0.15) is 11.3 Å². The first-order valence-electron chi connectivity index (χ1n) is 9.32. The van der Waals surface area contributed by atoms with Gasteiger partial charge in [0.25, 0.3) is 5.69 Å². The number of carbonyl (C=O) groups is 1. The number of fused-ring (bicyclic) bond motifs is 1. The molecule has 2 aromatic rings. The maximum absolute atomic E-state index is 12.6. The first-order valence-corrected chi connectivity index (χ1v) is 10.3. The summed E-state index contributed by atoms with van der Waals surface area (Å²) in [5.74, 6) is 0.430. The van der Waals surface area contributed by atoms with E-state index in [2.05, 4.69) is 21.7 Å². The number of ether oxygens (including phenoxy) is 2. The van der Waals surface area contributed by atoms with Gasteiger partial charge in [0.15, 0.2) is 6.79 Å². The highest BCUT2D eigenvalue weighted by Gasteiger charge is 2.22. The van der Waals surface area contributed by atoms with E-state index in [4.69, 9.17) is 9.47 Å². The maximum Gasteiger partial charge on any atom is 0.270 e. The summed E-state index contributed by atoms with van der Waals surface area (Å²) in [7, 11) is 0. The number of non-ortho nitro benzene ring substituents is 1. The quantitative estimate of drug-likeness (QED) is 0.424. The third-order valence-electron chi connectivity index (χ3n) is 5.01. The zero-order valence-corrected chi connectivity index (χ0v) is 16.6. The van der Waals surface area contributed by atoms with E-state index in [9.17, 15) is 14.9 Å². The maximum atomic E-state index is 12.6. The van der Waals surface area contributed by atoms with Crippen molar-refractivity contribution in [3.8, 4) is 5.75 Å². The van der Waals surface area contributed by atoms with Crippen LogP contribution in [0.1, 0.15) is 16.7 Å². The number of hydrogen-bond acceptors (Lipinski definition) is 7. The lowest BCUT2D eigenvalue weighted by molar-refractivity contribution is -0.385. The zero-order chi connectivity index (χ0) is 20.2. The normalized spacial score (nSPS) is 17.2. The van der Waals surface area contributed by atoms with E-state index < -0.39 is 4.92 Å². The molecule has 1 aromatic heterocycles. The van der Waals surface area contributed by atoms with E-state index in [-0.39, 0.29) is 25.0 Å². The Labute approximate surface area is 172 Å². The van der Waals surface area contributed by atoms with Gasteiger partial charge in [-0.1, -0.05) is 0 Å². The fourth-order valence-corrected chi connectivity index (χ4v) is 4.15. The van der Waals surface area contributed by atoms with Crippen LogP contribution in [0.2, 0.25) is 0 Å². The molecule has 0 bridgehead atoms. The summed E-state index contributed by atoms with van der Waals surface area (Å²) in [5.41, 5.74) is 2.38. The highest BCUT2D eigenvalue weighted by atomic mass is 32.1. The number of hydrogen-bond donors (Lipinski definition) is 0. The van der Waals surface area contributed by atoms with Crippen LogP contribution >= 0.6 is 11.3 Å². The molecule has 3 heterocycles. The fourth-order valence-electron chi connectivity index (χ4n) is 3.49. The number of nitro groups is 1. The average molecular weight is 415 g/mol. The van der Waals surface area contributed by atoms with Crippen LogP contribution in [0.25, 0.3) is 6.08 Å². The van der Waals surface area contributed by atoms with Gasteiger partial charge in [0.2, 0.25) is 5.91 Å². The van der Waals surface area contributed by atoms with Crippen LogP contribution in [0.4, 0.5) is 5.69 Å². The van der Waals surface area contributed by atoms with Crippen molar-refractivity contribution in [1.29, 1.82) is 0 Å². The molecule has 0 saturated carbocycles. The molecule has 1 fully saturated rings. The van der Waals surface area contributed by atoms with Crippen molar-refractivity contribution >= 4 is 29.0 Å². The molecule has 0 N–H and O–H groups in total. The molecular weight excluding hydrogens is 394 g/mol. The van der Waals surface area contributed by atoms with Crippen LogP contribution in [0.5, 0.6) is 5.75 Å². The van der Waals surface area contributed by atoms with Crippen LogP contribution in [-0.4, -0.2) is 53.6 Å². The van der Waals surface area contributed by atoms with Gasteiger partial charge in [-0.25, -0.2) is 0 Å². The number of thiophene rings is 1. The summed E-state index contributed by atoms with van der Waals surface area (Å²) in [6, 6.07) is 4.99. The summed E-state index contributed by atoms with van der Waals surface area (Å²) in [4.78, 5) is 27.5. The van der Waals surface area contributed by atoms with Crippen LogP contribution in [0.3, 0.4) is 0 Å². The lowest BCUT2D eigenvalue weighted by Crippen LogP contribution is -2.47. The van der Waals surface area contributed by atoms with E-state index in [1.807, 2.05) is 0 Å². The van der Waals surface area contributed by atoms with Crippen molar-refractivity contribution in [2.75, 3.05) is 33.0 Å². The van der Waals surface area contributed by atoms with E-state index in [0.717, 1.165) is 19.6 Å². The minimum atomic E-state index is -0.458. The van der Waals surface area contributed by atoms with Crippen LogP contribution in [0, 0.1) is 10.1 Å². The monoisotopic (exact) mass is 415 g/mol. The van der Waals surface area contributed by atoms with Crippen molar-refractivity contribution in [2.45, 2.75) is 13.2 Å². The zero-order valence-electron chi connectivity index (χ0n) is 15.8. The molecule has 29 heavy (non-hydrogen) atoms. The van der Waals surface area contributed by atoms with Crippen molar-refractivity contribution in [1.82, 2.24) is 9.80 Å². The van der Waals surface area contributed by atoms with E-state index in [0.29, 0.717) is 30.0 Å². The molecule has 152 valence electrons. The minimum absolute atomic E-state index is 0.0491. The largest absolute Gasteiger partial charge is 0.467 e. The summed E-state index contributed by atoms with van der Waals surface area (Å²) < 4.78 is 10.7. The van der Waals surface area contributed by atoms with Gasteiger partial charge in [-0.15, -0.1) is 0 Å². The predicted molar refractivity (Wildman–Crippen MR) is 109 cm³/mol. The van der Waals surface area contributed by atoms with Gasteiger partial charge < -0.3 is 14.4 Å².